The highest BCUT2D eigenvalue weighted by Crippen LogP contribution is 2.43. The van der Waals surface area contributed by atoms with Crippen LogP contribution in [0.2, 0.25) is 0 Å². The zero-order valence-electron chi connectivity index (χ0n) is 20.4. The van der Waals surface area contributed by atoms with E-state index in [0.29, 0.717) is 37.6 Å². The normalized spacial score (nSPS) is 19.4. The number of carboxylic acid groups (broad SMARTS) is 1. The van der Waals surface area contributed by atoms with Crippen LogP contribution < -0.4 is 21.5 Å². The Kier molecular flexibility index (Phi) is 6.03. The van der Waals surface area contributed by atoms with Gasteiger partial charge in [0.1, 0.15) is 28.9 Å². The molecule has 0 aliphatic carbocycles. The Morgan fingerprint density at radius 1 is 1.14 bits per heavy atom. The summed E-state index contributed by atoms with van der Waals surface area (Å²) in [4.78, 5) is 50.8. The fraction of sp³-hybridized carbons (Fsp3) is 0.385. The van der Waals surface area contributed by atoms with Crippen LogP contribution in [-0.2, 0) is 9.53 Å². The summed E-state index contributed by atoms with van der Waals surface area (Å²) in [5, 5.41) is 26.2. The van der Waals surface area contributed by atoms with E-state index in [9.17, 15) is 29.4 Å². The van der Waals surface area contributed by atoms with Crippen molar-refractivity contribution in [2.75, 3.05) is 30.4 Å². The topological polar surface area (TPSA) is 158 Å². The van der Waals surface area contributed by atoms with E-state index in [0.717, 1.165) is 0 Å². The van der Waals surface area contributed by atoms with Gasteiger partial charge >= 0.3 is 5.97 Å². The first-order valence-corrected chi connectivity index (χ1v) is 12.0. The van der Waals surface area contributed by atoms with E-state index >= 15 is 0 Å². The molecule has 11 heteroatoms. The fourth-order valence-corrected chi connectivity index (χ4v) is 4.95. The molecule has 5 rings (SSSR count). The smallest absolute Gasteiger partial charge is 0.326 e. The molecule has 2 fully saturated rings. The monoisotopic (exact) mass is 509 g/mol. The van der Waals surface area contributed by atoms with Crippen molar-refractivity contribution in [3.05, 3.63) is 67.9 Å². The lowest BCUT2D eigenvalue weighted by molar-refractivity contribution is -0.141. The first-order chi connectivity index (χ1) is 17.6. The summed E-state index contributed by atoms with van der Waals surface area (Å²) in [6, 6.07) is 6.54. The van der Waals surface area contributed by atoms with Gasteiger partial charge in [0.2, 0.25) is 0 Å². The third-order valence-corrected chi connectivity index (χ3v) is 7.13. The Labute approximate surface area is 211 Å². The number of ether oxygens (including phenoxy) is 1. The van der Waals surface area contributed by atoms with Crippen LogP contribution in [0.25, 0.3) is 0 Å². The molecule has 2 aliphatic rings. The summed E-state index contributed by atoms with van der Waals surface area (Å²) in [7, 11) is 0. The van der Waals surface area contributed by atoms with Gasteiger partial charge in [0.15, 0.2) is 5.75 Å². The second-order valence-electron chi connectivity index (χ2n) is 9.90. The summed E-state index contributed by atoms with van der Waals surface area (Å²) in [5.74, 6) is -0.883. The predicted molar refractivity (Wildman–Crippen MR) is 133 cm³/mol. The number of aliphatic carboxylic acids is 1. The number of aromatic hydroxyl groups is 1. The molecule has 1 aromatic heterocycles. The highest BCUT2D eigenvalue weighted by atomic mass is 16.5. The summed E-state index contributed by atoms with van der Waals surface area (Å²) in [5.41, 5.74) is -1.94. The number of benzene rings is 1. The molecule has 0 spiro atoms. The van der Waals surface area contributed by atoms with E-state index in [1.165, 1.54) is 23.1 Å². The number of nitrogens with one attached hydrogen (secondary N) is 2. The molecule has 2 saturated heterocycles. The van der Waals surface area contributed by atoms with Crippen molar-refractivity contribution in [3.63, 3.8) is 0 Å². The first-order valence-electron chi connectivity index (χ1n) is 12.0. The van der Waals surface area contributed by atoms with Crippen molar-refractivity contribution < 1.29 is 29.0 Å². The van der Waals surface area contributed by atoms with Gasteiger partial charge < -0.3 is 34.9 Å². The number of carbonyl (C=O) groups is 2. The number of amides is 1. The zero-order valence-corrected chi connectivity index (χ0v) is 20.4. The number of phenolic OH excluding ortho intramolecular Hbond substituents is 1. The van der Waals surface area contributed by atoms with E-state index in [1.54, 1.807) is 6.07 Å². The summed E-state index contributed by atoms with van der Waals surface area (Å²) in [6.45, 7) is 4.91. The van der Waals surface area contributed by atoms with Gasteiger partial charge in [0.05, 0.1) is 30.5 Å². The van der Waals surface area contributed by atoms with E-state index < -0.39 is 40.6 Å². The lowest BCUT2D eigenvalue weighted by Gasteiger charge is -2.44. The Morgan fingerprint density at radius 3 is 2.49 bits per heavy atom. The van der Waals surface area contributed by atoms with Gasteiger partial charge in [0.25, 0.3) is 16.8 Å². The maximum absolute atomic E-state index is 13.0. The van der Waals surface area contributed by atoms with Crippen LogP contribution in [0, 0.1) is 12.3 Å². The molecule has 3 heterocycles. The van der Waals surface area contributed by atoms with Crippen molar-refractivity contribution in [2.45, 2.75) is 38.8 Å². The highest BCUT2D eigenvalue weighted by molar-refractivity contribution is 6.01. The molecule has 0 radical (unpaired) electrons. The molecule has 0 saturated carbocycles. The number of hydrogen-bond acceptors (Lipinski definition) is 9. The molecule has 194 valence electrons. The number of anilines is 3. The zero-order chi connectivity index (χ0) is 26.5. The molecule has 1 amide bonds. The van der Waals surface area contributed by atoms with E-state index in [4.69, 9.17) is 9.15 Å². The summed E-state index contributed by atoms with van der Waals surface area (Å²) in [6.07, 6.45) is 0.874. The van der Waals surface area contributed by atoms with Crippen molar-refractivity contribution >= 4 is 28.9 Å². The standard InChI is InChI=1S/C26H27N3O8/c1-13-8-9-17(37-13)23(26(2)11-36-12-26)28-19-18(21(31)22(19)32)27-15-6-3-5-14(20(15)30)24(33)29-10-4-7-16(29)25(34)35/h3,5-6,8-9,16,23,27-28,30H,4,7,10-12H2,1-2H3,(H,34,35). The van der Waals surface area contributed by atoms with Crippen LogP contribution in [0.3, 0.4) is 0 Å². The quantitative estimate of drug-likeness (QED) is 0.263. The number of carboxylic acids is 1. The van der Waals surface area contributed by atoms with Crippen molar-refractivity contribution in [3.8, 4) is 5.75 Å². The Balaban J connectivity index is 1.43. The second-order valence-corrected chi connectivity index (χ2v) is 9.90. The Bertz CT molecular complexity index is 1450. The Hall–Kier alpha value is -4.12. The second kappa shape index (κ2) is 9.07. The SMILES string of the molecule is Cc1ccc(C(Nc2c(Nc3cccc(C(=O)N4CCCC4C(=O)O)c3O)c(=O)c2=O)C2(C)COC2)o1. The number of para-hydroxylation sites is 1. The van der Waals surface area contributed by atoms with Crippen LogP contribution in [0.4, 0.5) is 17.1 Å². The van der Waals surface area contributed by atoms with E-state index in [-0.39, 0.29) is 34.6 Å². The van der Waals surface area contributed by atoms with Crippen molar-refractivity contribution in [1.29, 1.82) is 0 Å². The fourth-order valence-electron chi connectivity index (χ4n) is 4.95. The molecule has 0 bridgehead atoms. The minimum atomic E-state index is -1.11. The number of rotatable bonds is 8. The van der Waals surface area contributed by atoms with Crippen LogP contribution >= 0.6 is 0 Å². The number of phenols is 1. The number of hydrogen-bond donors (Lipinski definition) is 4. The third-order valence-electron chi connectivity index (χ3n) is 7.13. The predicted octanol–water partition coefficient (Wildman–Crippen LogP) is 2.51. The van der Waals surface area contributed by atoms with Gasteiger partial charge in [0, 0.05) is 12.0 Å². The third kappa shape index (κ3) is 4.14. The van der Waals surface area contributed by atoms with Crippen LogP contribution in [0.5, 0.6) is 5.75 Å². The molecule has 2 aromatic carbocycles. The van der Waals surface area contributed by atoms with Crippen LogP contribution in [-0.4, -0.2) is 52.8 Å². The van der Waals surface area contributed by atoms with Gasteiger partial charge in [-0.25, -0.2) is 4.79 Å². The van der Waals surface area contributed by atoms with Gasteiger partial charge in [-0.3, -0.25) is 14.4 Å². The lowest BCUT2D eigenvalue weighted by atomic mass is 9.79. The van der Waals surface area contributed by atoms with E-state index in [2.05, 4.69) is 10.6 Å². The number of carbonyl (C=O) groups excluding carboxylic acids is 1. The largest absolute Gasteiger partial charge is 0.505 e. The van der Waals surface area contributed by atoms with Gasteiger partial charge in [-0.05, 0) is 44.0 Å². The highest BCUT2D eigenvalue weighted by Gasteiger charge is 2.45. The molecule has 2 unspecified atom stereocenters. The molecular weight excluding hydrogens is 482 g/mol. The first kappa shape index (κ1) is 24.6. The van der Waals surface area contributed by atoms with E-state index in [1.807, 2.05) is 19.9 Å². The number of likely N-dealkylation sites (tertiary alicyclic amines) is 1. The van der Waals surface area contributed by atoms with Gasteiger partial charge in [-0.1, -0.05) is 13.0 Å². The van der Waals surface area contributed by atoms with Crippen LogP contribution in [0.15, 0.2) is 44.3 Å². The van der Waals surface area contributed by atoms with Crippen LogP contribution in [0.1, 0.15) is 47.7 Å². The number of aryl methyl sites for hydroxylation is 1. The van der Waals surface area contributed by atoms with Crippen molar-refractivity contribution in [1.82, 2.24) is 4.90 Å². The number of furan rings is 1. The maximum atomic E-state index is 13.0. The average Bonchev–Trinajstić information content (AvgIpc) is 3.52. The summed E-state index contributed by atoms with van der Waals surface area (Å²) < 4.78 is 11.2. The maximum Gasteiger partial charge on any atom is 0.326 e. The molecule has 37 heavy (non-hydrogen) atoms. The minimum absolute atomic E-state index is 0.0376. The molecule has 2 aliphatic heterocycles. The van der Waals surface area contributed by atoms with Crippen molar-refractivity contribution in [2.24, 2.45) is 5.41 Å². The summed E-state index contributed by atoms with van der Waals surface area (Å²) >= 11 is 0. The Morgan fingerprint density at radius 2 is 1.86 bits per heavy atom. The number of nitrogens with zero attached hydrogens (tertiary/aromatic N) is 1. The lowest BCUT2D eigenvalue weighted by Crippen LogP contribution is -2.49. The van der Waals surface area contributed by atoms with Gasteiger partial charge in [-0.15, -0.1) is 0 Å². The minimum Gasteiger partial charge on any atom is -0.505 e. The average molecular weight is 510 g/mol. The molecule has 3 aromatic rings. The van der Waals surface area contributed by atoms with Gasteiger partial charge in [-0.2, -0.15) is 0 Å². The molecular formula is C26H27N3O8. The molecule has 2 atom stereocenters. The molecule has 11 nitrogen and oxygen atoms in total. The molecule has 4 N–H and O–H groups in total.